The van der Waals surface area contributed by atoms with Gasteiger partial charge in [0, 0.05) is 26.3 Å². The fourth-order valence-electron chi connectivity index (χ4n) is 4.23. The zero-order chi connectivity index (χ0) is 17.0. The predicted octanol–water partition coefficient (Wildman–Crippen LogP) is 3.14. The Hall–Kier alpha value is -2.58. The van der Waals surface area contributed by atoms with E-state index >= 15 is 0 Å². The first-order valence-corrected chi connectivity index (χ1v) is 8.90. The standard InChI is InChI=1S/C20H20N4O/c1-13-8-19(23-10-15(11-23)14-6-7-25-12-14)24-18-5-3-2-4-17(18)22-20(24)16(13)9-21/h2-5,8,14-15H,6-7,10-12H2,1H3. The average molecular weight is 332 g/mol. The summed E-state index contributed by atoms with van der Waals surface area (Å²) in [6.45, 7) is 5.94. The molecule has 0 bridgehead atoms. The van der Waals surface area contributed by atoms with Gasteiger partial charge in [-0.2, -0.15) is 5.26 Å². The number of anilines is 1. The fourth-order valence-corrected chi connectivity index (χ4v) is 4.23. The van der Waals surface area contributed by atoms with Crippen molar-refractivity contribution in [3.05, 3.63) is 41.5 Å². The van der Waals surface area contributed by atoms with Crippen LogP contribution in [0.5, 0.6) is 0 Å². The summed E-state index contributed by atoms with van der Waals surface area (Å²) in [6, 6.07) is 12.6. The van der Waals surface area contributed by atoms with Crippen LogP contribution in [0.4, 0.5) is 5.82 Å². The Morgan fingerprint density at radius 3 is 2.84 bits per heavy atom. The normalized spacial score (nSPS) is 21.0. The van der Waals surface area contributed by atoms with E-state index in [1.807, 2.05) is 25.1 Å². The highest BCUT2D eigenvalue weighted by Crippen LogP contribution is 2.36. The van der Waals surface area contributed by atoms with Crippen LogP contribution in [0.15, 0.2) is 30.3 Å². The molecule has 0 aliphatic carbocycles. The van der Waals surface area contributed by atoms with Crippen molar-refractivity contribution < 1.29 is 4.74 Å². The van der Waals surface area contributed by atoms with Gasteiger partial charge in [-0.3, -0.25) is 4.40 Å². The van der Waals surface area contributed by atoms with Gasteiger partial charge in [0.2, 0.25) is 0 Å². The van der Waals surface area contributed by atoms with Crippen LogP contribution in [-0.4, -0.2) is 35.7 Å². The molecule has 4 heterocycles. The number of fused-ring (bicyclic) bond motifs is 3. The molecule has 2 saturated heterocycles. The topological polar surface area (TPSA) is 53.6 Å². The molecule has 1 unspecified atom stereocenters. The van der Waals surface area contributed by atoms with Gasteiger partial charge in [0.25, 0.3) is 0 Å². The minimum absolute atomic E-state index is 0.668. The molecular weight excluding hydrogens is 312 g/mol. The Morgan fingerprint density at radius 2 is 2.08 bits per heavy atom. The van der Waals surface area contributed by atoms with Gasteiger partial charge in [-0.05, 0) is 48.9 Å². The largest absolute Gasteiger partial charge is 0.381 e. The van der Waals surface area contributed by atoms with Crippen molar-refractivity contribution in [2.45, 2.75) is 13.3 Å². The molecule has 126 valence electrons. The Labute approximate surface area is 146 Å². The average Bonchev–Trinajstić information content (AvgIpc) is 3.21. The lowest BCUT2D eigenvalue weighted by molar-refractivity contribution is 0.163. The first-order valence-electron chi connectivity index (χ1n) is 8.90. The van der Waals surface area contributed by atoms with Crippen LogP contribution >= 0.6 is 0 Å². The lowest BCUT2D eigenvalue weighted by Gasteiger charge is -2.44. The van der Waals surface area contributed by atoms with Gasteiger partial charge >= 0.3 is 0 Å². The molecule has 3 aromatic rings. The molecule has 0 N–H and O–H groups in total. The van der Waals surface area contributed by atoms with Gasteiger partial charge in [0.05, 0.1) is 16.6 Å². The van der Waals surface area contributed by atoms with E-state index in [1.165, 1.54) is 6.42 Å². The fraction of sp³-hybridized carbons (Fsp3) is 0.400. The number of nitrogens with zero attached hydrogens (tertiary/aromatic N) is 4. The summed E-state index contributed by atoms with van der Waals surface area (Å²) in [6.07, 6.45) is 1.19. The summed E-state index contributed by atoms with van der Waals surface area (Å²) in [5.41, 5.74) is 4.43. The molecule has 5 nitrogen and oxygen atoms in total. The zero-order valence-electron chi connectivity index (χ0n) is 14.3. The van der Waals surface area contributed by atoms with Gasteiger partial charge in [0.1, 0.15) is 11.9 Å². The molecule has 5 heteroatoms. The number of aryl methyl sites for hydroxylation is 1. The molecule has 2 aliphatic rings. The Bertz CT molecular complexity index is 1000. The Morgan fingerprint density at radius 1 is 1.24 bits per heavy atom. The quantitative estimate of drug-likeness (QED) is 0.723. The van der Waals surface area contributed by atoms with E-state index in [0.717, 1.165) is 54.4 Å². The highest BCUT2D eigenvalue weighted by atomic mass is 16.5. The van der Waals surface area contributed by atoms with Crippen LogP contribution < -0.4 is 4.90 Å². The van der Waals surface area contributed by atoms with Crippen LogP contribution in [0.1, 0.15) is 17.5 Å². The molecule has 0 spiro atoms. The number of pyridine rings is 1. The number of nitriles is 1. The molecule has 0 radical (unpaired) electrons. The molecule has 2 fully saturated rings. The number of para-hydroxylation sites is 2. The number of imidazole rings is 1. The van der Waals surface area contributed by atoms with Gasteiger partial charge in [-0.25, -0.2) is 4.98 Å². The van der Waals surface area contributed by atoms with Gasteiger partial charge in [-0.15, -0.1) is 0 Å². The van der Waals surface area contributed by atoms with Crippen molar-refractivity contribution in [1.82, 2.24) is 9.38 Å². The first kappa shape index (κ1) is 14.7. The van der Waals surface area contributed by atoms with Crippen molar-refractivity contribution in [3.8, 4) is 6.07 Å². The second-order valence-corrected chi connectivity index (χ2v) is 7.22. The number of benzene rings is 1. The maximum atomic E-state index is 9.60. The molecule has 25 heavy (non-hydrogen) atoms. The third kappa shape index (κ3) is 2.14. The van der Waals surface area contributed by atoms with Crippen LogP contribution in [0.25, 0.3) is 16.7 Å². The molecule has 0 saturated carbocycles. The lowest BCUT2D eigenvalue weighted by atomic mass is 9.85. The minimum Gasteiger partial charge on any atom is -0.381 e. The van der Waals surface area contributed by atoms with E-state index in [2.05, 4.69) is 27.5 Å². The van der Waals surface area contributed by atoms with E-state index in [1.54, 1.807) is 0 Å². The molecule has 5 rings (SSSR count). The van der Waals surface area contributed by atoms with Crippen LogP contribution in [0.2, 0.25) is 0 Å². The molecule has 2 aliphatic heterocycles. The molecule has 1 atom stereocenters. The van der Waals surface area contributed by atoms with Crippen molar-refractivity contribution in [2.75, 3.05) is 31.2 Å². The first-order chi connectivity index (χ1) is 12.3. The summed E-state index contributed by atoms with van der Waals surface area (Å²) in [5.74, 6) is 2.56. The number of aromatic nitrogens is 2. The Balaban J connectivity index is 1.62. The monoisotopic (exact) mass is 332 g/mol. The molecule has 1 aromatic carbocycles. The minimum atomic E-state index is 0.668. The van der Waals surface area contributed by atoms with E-state index in [-0.39, 0.29) is 0 Å². The molecular formula is C20H20N4O. The predicted molar refractivity (Wildman–Crippen MR) is 96.8 cm³/mol. The van der Waals surface area contributed by atoms with Crippen molar-refractivity contribution in [3.63, 3.8) is 0 Å². The number of hydrogen-bond donors (Lipinski definition) is 0. The maximum Gasteiger partial charge on any atom is 0.157 e. The summed E-state index contributed by atoms with van der Waals surface area (Å²) in [7, 11) is 0. The zero-order valence-corrected chi connectivity index (χ0v) is 14.3. The molecule has 2 aromatic heterocycles. The van der Waals surface area contributed by atoms with E-state index in [9.17, 15) is 5.26 Å². The van der Waals surface area contributed by atoms with E-state index < -0.39 is 0 Å². The maximum absolute atomic E-state index is 9.60. The van der Waals surface area contributed by atoms with E-state index in [4.69, 9.17) is 9.72 Å². The lowest BCUT2D eigenvalue weighted by Crippen LogP contribution is -2.51. The summed E-state index contributed by atoms with van der Waals surface area (Å²) in [5, 5.41) is 9.60. The number of ether oxygens (including phenoxy) is 1. The van der Waals surface area contributed by atoms with Crippen LogP contribution in [0, 0.1) is 30.1 Å². The second-order valence-electron chi connectivity index (χ2n) is 7.22. The summed E-state index contributed by atoms with van der Waals surface area (Å²) < 4.78 is 7.71. The third-order valence-corrected chi connectivity index (χ3v) is 5.73. The van der Waals surface area contributed by atoms with Crippen molar-refractivity contribution >= 4 is 22.5 Å². The SMILES string of the molecule is Cc1cc(N2CC(C3CCOC3)C2)n2c(nc3ccccc32)c1C#N. The highest BCUT2D eigenvalue weighted by molar-refractivity contribution is 5.85. The second kappa shape index (κ2) is 5.47. The molecule has 0 amide bonds. The van der Waals surface area contributed by atoms with E-state index in [0.29, 0.717) is 17.4 Å². The van der Waals surface area contributed by atoms with Crippen molar-refractivity contribution in [2.24, 2.45) is 11.8 Å². The number of hydrogen-bond acceptors (Lipinski definition) is 4. The van der Waals surface area contributed by atoms with Crippen LogP contribution in [-0.2, 0) is 4.74 Å². The Kier molecular flexibility index (Phi) is 3.22. The van der Waals surface area contributed by atoms with Crippen molar-refractivity contribution in [1.29, 1.82) is 5.26 Å². The van der Waals surface area contributed by atoms with Gasteiger partial charge in [-0.1, -0.05) is 12.1 Å². The smallest absolute Gasteiger partial charge is 0.157 e. The van der Waals surface area contributed by atoms with Crippen LogP contribution in [0.3, 0.4) is 0 Å². The van der Waals surface area contributed by atoms with Gasteiger partial charge in [0.15, 0.2) is 5.65 Å². The summed E-state index contributed by atoms with van der Waals surface area (Å²) in [4.78, 5) is 7.15. The van der Waals surface area contributed by atoms with Gasteiger partial charge < -0.3 is 9.64 Å². The third-order valence-electron chi connectivity index (χ3n) is 5.73. The summed E-state index contributed by atoms with van der Waals surface area (Å²) >= 11 is 0. The highest BCUT2D eigenvalue weighted by Gasteiger charge is 2.36. The number of rotatable bonds is 2.